The van der Waals surface area contributed by atoms with Crippen molar-refractivity contribution in [3.63, 3.8) is 0 Å². The second-order valence-corrected chi connectivity index (χ2v) is 5.12. The van der Waals surface area contributed by atoms with Crippen molar-refractivity contribution in [2.75, 3.05) is 12.3 Å². The predicted octanol–water partition coefficient (Wildman–Crippen LogP) is 3.12. The number of nitrogens with two attached hydrogens (primary N) is 1. The van der Waals surface area contributed by atoms with Crippen molar-refractivity contribution in [1.82, 2.24) is 5.32 Å². The number of anilines is 1. The molecule has 0 aliphatic carbocycles. The summed E-state index contributed by atoms with van der Waals surface area (Å²) in [7, 11) is 0. The number of carbonyl (C=O) groups excluding carboxylic acids is 1. The van der Waals surface area contributed by atoms with Crippen molar-refractivity contribution in [1.29, 1.82) is 0 Å². The molecule has 0 radical (unpaired) electrons. The van der Waals surface area contributed by atoms with E-state index in [0.29, 0.717) is 12.5 Å². The Balaban J connectivity index is 2.72. The molecule has 1 rings (SSSR count). The molecule has 3 N–H and O–H groups in total. The van der Waals surface area contributed by atoms with Crippen LogP contribution in [0.5, 0.6) is 0 Å². The van der Waals surface area contributed by atoms with Gasteiger partial charge in [0.2, 0.25) is 0 Å². The van der Waals surface area contributed by atoms with Crippen molar-refractivity contribution in [2.45, 2.75) is 39.5 Å². The Bertz CT molecular complexity index is 503. The van der Waals surface area contributed by atoms with E-state index in [2.05, 4.69) is 19.2 Å². The molecule has 1 aromatic rings. The normalized spacial score (nSPS) is 11.9. The Morgan fingerprint density at radius 1 is 1.43 bits per heavy atom. The number of rotatable bonds is 8. The van der Waals surface area contributed by atoms with Crippen LogP contribution in [0.25, 0.3) is 0 Å². The van der Waals surface area contributed by atoms with E-state index in [9.17, 15) is 14.9 Å². The highest BCUT2D eigenvalue weighted by atomic mass is 16.6. The number of nitrogens with zero attached hydrogens (tertiary/aromatic N) is 1. The first kappa shape index (κ1) is 16.9. The topological polar surface area (TPSA) is 98.3 Å². The van der Waals surface area contributed by atoms with Crippen LogP contribution in [0.4, 0.5) is 11.4 Å². The van der Waals surface area contributed by atoms with Gasteiger partial charge in [-0.2, -0.15) is 0 Å². The third kappa shape index (κ3) is 4.73. The fourth-order valence-electron chi connectivity index (χ4n) is 2.19. The molecule has 0 aromatic heterocycles. The van der Waals surface area contributed by atoms with E-state index in [1.807, 2.05) is 0 Å². The molecule has 1 unspecified atom stereocenters. The molecule has 0 saturated heterocycles. The molecule has 6 nitrogen and oxygen atoms in total. The number of hydrogen-bond donors (Lipinski definition) is 2. The third-order valence-electron chi connectivity index (χ3n) is 3.62. The van der Waals surface area contributed by atoms with Gasteiger partial charge in [-0.3, -0.25) is 14.9 Å². The standard InChI is InChI=1S/C15H23N3O3/c1-3-5-7-11(4-2)10-17-15(19)12-8-6-9-13(14(12)16)18(20)21/h6,8-9,11H,3-5,7,10,16H2,1-2H3,(H,17,19). The van der Waals surface area contributed by atoms with Crippen LogP contribution in [-0.2, 0) is 0 Å². The second kappa shape index (κ2) is 8.24. The number of hydrogen-bond acceptors (Lipinski definition) is 4. The number of carbonyl (C=O) groups is 1. The van der Waals surface area contributed by atoms with Crippen molar-refractivity contribution < 1.29 is 9.72 Å². The molecule has 116 valence electrons. The SMILES string of the molecule is CCCCC(CC)CNC(=O)c1cccc([N+](=O)[O-])c1N. The molecule has 0 fully saturated rings. The lowest BCUT2D eigenvalue weighted by atomic mass is 9.99. The van der Waals surface area contributed by atoms with E-state index >= 15 is 0 Å². The molecule has 0 saturated carbocycles. The first-order valence-corrected chi connectivity index (χ1v) is 7.32. The van der Waals surface area contributed by atoms with Gasteiger partial charge in [0.15, 0.2) is 0 Å². The molecule has 0 bridgehead atoms. The number of nitrogens with one attached hydrogen (secondary N) is 1. The Morgan fingerprint density at radius 2 is 2.14 bits per heavy atom. The summed E-state index contributed by atoms with van der Waals surface area (Å²) < 4.78 is 0. The number of unbranched alkanes of at least 4 members (excludes halogenated alkanes) is 1. The van der Waals surface area contributed by atoms with E-state index in [0.717, 1.165) is 25.7 Å². The van der Waals surface area contributed by atoms with Crippen LogP contribution in [0.1, 0.15) is 49.9 Å². The van der Waals surface area contributed by atoms with E-state index in [1.165, 1.54) is 18.2 Å². The number of amides is 1. The van der Waals surface area contributed by atoms with E-state index in [1.54, 1.807) is 0 Å². The molecular formula is C15H23N3O3. The zero-order chi connectivity index (χ0) is 15.8. The molecule has 6 heteroatoms. The molecular weight excluding hydrogens is 270 g/mol. The summed E-state index contributed by atoms with van der Waals surface area (Å²) in [5.41, 5.74) is 5.55. The van der Waals surface area contributed by atoms with Crippen LogP contribution in [0.15, 0.2) is 18.2 Å². The molecule has 0 heterocycles. The highest BCUT2D eigenvalue weighted by Gasteiger charge is 2.19. The predicted molar refractivity (Wildman–Crippen MR) is 83.1 cm³/mol. The maximum Gasteiger partial charge on any atom is 0.292 e. The lowest BCUT2D eigenvalue weighted by molar-refractivity contribution is -0.383. The van der Waals surface area contributed by atoms with Gasteiger partial charge in [-0.1, -0.05) is 39.2 Å². The van der Waals surface area contributed by atoms with E-state index in [-0.39, 0.29) is 22.8 Å². The van der Waals surface area contributed by atoms with Crippen molar-refractivity contribution in [2.24, 2.45) is 5.92 Å². The van der Waals surface area contributed by atoms with Crippen molar-refractivity contribution in [3.05, 3.63) is 33.9 Å². The number of nitro groups is 1. The quantitative estimate of drug-likeness (QED) is 0.437. The molecule has 1 aromatic carbocycles. The van der Waals surface area contributed by atoms with Gasteiger partial charge in [-0.15, -0.1) is 0 Å². The molecule has 21 heavy (non-hydrogen) atoms. The second-order valence-electron chi connectivity index (χ2n) is 5.12. The first-order chi connectivity index (χ1) is 10.0. The fraction of sp³-hybridized carbons (Fsp3) is 0.533. The maximum absolute atomic E-state index is 12.1. The van der Waals surface area contributed by atoms with E-state index in [4.69, 9.17) is 5.73 Å². The van der Waals surface area contributed by atoms with Gasteiger partial charge in [0.1, 0.15) is 5.69 Å². The Kier molecular flexibility index (Phi) is 6.65. The van der Waals surface area contributed by atoms with Crippen LogP contribution in [0.3, 0.4) is 0 Å². The summed E-state index contributed by atoms with van der Waals surface area (Å²) in [5, 5.41) is 13.6. The average molecular weight is 293 g/mol. The van der Waals surface area contributed by atoms with Crippen LogP contribution in [-0.4, -0.2) is 17.4 Å². The fourth-order valence-corrected chi connectivity index (χ4v) is 2.19. The summed E-state index contributed by atoms with van der Waals surface area (Å²) in [6.07, 6.45) is 4.32. The maximum atomic E-state index is 12.1. The van der Waals surface area contributed by atoms with Gasteiger partial charge >= 0.3 is 0 Å². The third-order valence-corrected chi connectivity index (χ3v) is 3.62. The van der Waals surface area contributed by atoms with Crippen LogP contribution in [0.2, 0.25) is 0 Å². The van der Waals surface area contributed by atoms with Gasteiger partial charge in [0.05, 0.1) is 10.5 Å². The highest BCUT2D eigenvalue weighted by molar-refractivity contribution is 6.00. The molecule has 0 spiro atoms. The minimum atomic E-state index is -0.581. The Hall–Kier alpha value is -2.11. The van der Waals surface area contributed by atoms with Crippen molar-refractivity contribution >= 4 is 17.3 Å². The largest absolute Gasteiger partial charge is 0.393 e. The molecule has 1 atom stereocenters. The summed E-state index contributed by atoms with van der Waals surface area (Å²) in [6.45, 7) is 4.79. The number of benzene rings is 1. The molecule has 1 amide bonds. The summed E-state index contributed by atoms with van der Waals surface area (Å²) in [4.78, 5) is 22.4. The van der Waals surface area contributed by atoms with Gasteiger partial charge in [0, 0.05) is 12.6 Å². The summed E-state index contributed by atoms with van der Waals surface area (Å²) in [6, 6.07) is 4.27. The molecule has 0 aliphatic rings. The first-order valence-electron chi connectivity index (χ1n) is 7.32. The highest BCUT2D eigenvalue weighted by Crippen LogP contribution is 2.24. The monoisotopic (exact) mass is 293 g/mol. The van der Waals surface area contributed by atoms with E-state index < -0.39 is 4.92 Å². The summed E-state index contributed by atoms with van der Waals surface area (Å²) >= 11 is 0. The average Bonchev–Trinajstić information content (AvgIpc) is 2.47. The zero-order valence-electron chi connectivity index (χ0n) is 12.6. The van der Waals surface area contributed by atoms with Crippen LogP contribution < -0.4 is 11.1 Å². The van der Waals surface area contributed by atoms with Gasteiger partial charge < -0.3 is 11.1 Å². The van der Waals surface area contributed by atoms with Gasteiger partial charge in [0.25, 0.3) is 11.6 Å². The van der Waals surface area contributed by atoms with Gasteiger partial charge in [-0.25, -0.2) is 0 Å². The molecule has 0 aliphatic heterocycles. The number of para-hydroxylation sites is 1. The smallest absolute Gasteiger partial charge is 0.292 e. The lowest BCUT2D eigenvalue weighted by Crippen LogP contribution is -2.29. The van der Waals surface area contributed by atoms with Gasteiger partial charge in [-0.05, 0) is 18.4 Å². The lowest BCUT2D eigenvalue weighted by Gasteiger charge is -2.15. The van der Waals surface area contributed by atoms with Crippen molar-refractivity contribution in [3.8, 4) is 0 Å². The number of nitro benzene ring substituents is 1. The minimum absolute atomic E-state index is 0.0818. The Labute approximate surface area is 124 Å². The van der Waals surface area contributed by atoms with Crippen LogP contribution >= 0.6 is 0 Å². The van der Waals surface area contributed by atoms with Crippen LogP contribution in [0, 0.1) is 16.0 Å². The minimum Gasteiger partial charge on any atom is -0.393 e. The zero-order valence-corrected chi connectivity index (χ0v) is 12.6. The summed E-state index contributed by atoms with van der Waals surface area (Å²) in [5.74, 6) is 0.0694. The Morgan fingerprint density at radius 3 is 2.71 bits per heavy atom. The number of nitrogen functional groups attached to an aromatic ring is 1.